The highest BCUT2D eigenvalue weighted by Crippen LogP contribution is 2.14. The fourth-order valence-electron chi connectivity index (χ4n) is 1.68. The van der Waals surface area contributed by atoms with Gasteiger partial charge in [0.05, 0.1) is 6.10 Å². The first kappa shape index (κ1) is 16.0. The van der Waals surface area contributed by atoms with Gasteiger partial charge in [-0.25, -0.2) is 0 Å². The molecular weight excluding hydrogens is 306 g/mol. The maximum atomic E-state index is 11.9. The Balaban J connectivity index is 2.48. The molecule has 0 bridgehead atoms. The van der Waals surface area contributed by atoms with Crippen LogP contribution in [0, 0.1) is 0 Å². The largest absolute Gasteiger partial charge is 0.491 e. The number of rotatable bonds is 7. The summed E-state index contributed by atoms with van der Waals surface area (Å²) in [5.41, 5.74) is 0.660. The van der Waals surface area contributed by atoms with E-state index in [9.17, 15) is 4.79 Å². The third kappa shape index (κ3) is 6.10. The lowest BCUT2D eigenvalue weighted by molar-refractivity contribution is 0.0953. The monoisotopic (exact) mass is 327 g/mol. The van der Waals surface area contributed by atoms with E-state index in [0.29, 0.717) is 16.9 Å². The average molecular weight is 328 g/mol. The Morgan fingerprint density at radius 1 is 1.32 bits per heavy atom. The highest BCUT2D eigenvalue weighted by Gasteiger charge is 2.08. The zero-order valence-electron chi connectivity index (χ0n) is 11.8. The average Bonchev–Trinajstić information content (AvgIpc) is 2.36. The number of amides is 1. The van der Waals surface area contributed by atoms with Crippen LogP contribution in [0.15, 0.2) is 24.3 Å². The number of alkyl halides is 1. The molecule has 0 aliphatic carbocycles. The molecule has 19 heavy (non-hydrogen) atoms. The van der Waals surface area contributed by atoms with Crippen LogP contribution >= 0.6 is 15.9 Å². The minimum absolute atomic E-state index is 0.0448. The lowest BCUT2D eigenvalue weighted by Gasteiger charge is -2.11. The molecule has 0 heterocycles. The molecule has 0 fully saturated rings. The molecule has 1 rings (SSSR count). The van der Waals surface area contributed by atoms with Crippen LogP contribution in [0.25, 0.3) is 0 Å². The van der Waals surface area contributed by atoms with Gasteiger partial charge in [-0.1, -0.05) is 29.3 Å². The number of benzene rings is 1. The van der Waals surface area contributed by atoms with E-state index in [-0.39, 0.29) is 12.0 Å². The lowest BCUT2D eigenvalue weighted by Crippen LogP contribution is -2.29. The maximum absolute atomic E-state index is 11.9. The Kier molecular flexibility index (Phi) is 6.92. The van der Waals surface area contributed by atoms with Crippen LogP contribution in [-0.2, 0) is 0 Å². The van der Waals surface area contributed by atoms with Gasteiger partial charge in [-0.2, -0.15) is 0 Å². The summed E-state index contributed by atoms with van der Waals surface area (Å²) in [5.74, 6) is 0.743. The fourth-order valence-corrected chi connectivity index (χ4v) is 2.30. The Bertz CT molecular complexity index is 390. The van der Waals surface area contributed by atoms with E-state index in [0.717, 1.165) is 18.6 Å². The number of hydrogen-bond donors (Lipinski definition) is 1. The van der Waals surface area contributed by atoms with Crippen LogP contribution in [0.3, 0.4) is 0 Å². The lowest BCUT2D eigenvalue weighted by atomic mass is 10.2. The standard InChI is InChI=1S/C15H22BrNO2/c1-4-5-13(16)10-17-15(18)12-6-8-14(9-7-12)19-11(2)3/h6-9,11,13H,4-5,10H2,1-3H3,(H,17,18). The van der Waals surface area contributed by atoms with Crippen molar-refractivity contribution in [2.75, 3.05) is 6.54 Å². The van der Waals surface area contributed by atoms with Crippen molar-refractivity contribution in [2.45, 2.75) is 44.5 Å². The summed E-state index contributed by atoms with van der Waals surface area (Å²) in [7, 11) is 0. The maximum Gasteiger partial charge on any atom is 0.251 e. The summed E-state index contributed by atoms with van der Waals surface area (Å²) in [6.07, 6.45) is 2.30. The van der Waals surface area contributed by atoms with Crippen molar-refractivity contribution in [1.82, 2.24) is 5.32 Å². The zero-order valence-corrected chi connectivity index (χ0v) is 13.4. The van der Waals surface area contributed by atoms with Gasteiger partial charge >= 0.3 is 0 Å². The van der Waals surface area contributed by atoms with Gasteiger partial charge in [0.25, 0.3) is 5.91 Å². The molecular formula is C15H22BrNO2. The number of ether oxygens (including phenoxy) is 1. The van der Waals surface area contributed by atoms with Crippen LogP contribution in [-0.4, -0.2) is 23.4 Å². The Morgan fingerprint density at radius 2 is 1.95 bits per heavy atom. The molecule has 1 aromatic carbocycles. The molecule has 0 aromatic heterocycles. The van der Waals surface area contributed by atoms with E-state index in [2.05, 4.69) is 28.2 Å². The summed E-state index contributed by atoms with van der Waals surface area (Å²) < 4.78 is 5.54. The van der Waals surface area contributed by atoms with Crippen LogP contribution in [0.4, 0.5) is 0 Å². The molecule has 1 atom stereocenters. The van der Waals surface area contributed by atoms with Gasteiger partial charge in [-0.15, -0.1) is 0 Å². The van der Waals surface area contributed by atoms with Gasteiger partial charge in [-0.05, 0) is 44.5 Å². The second kappa shape index (κ2) is 8.20. The topological polar surface area (TPSA) is 38.3 Å². The number of hydrogen-bond acceptors (Lipinski definition) is 2. The molecule has 106 valence electrons. The molecule has 1 N–H and O–H groups in total. The molecule has 0 spiro atoms. The smallest absolute Gasteiger partial charge is 0.251 e. The predicted molar refractivity (Wildman–Crippen MR) is 82.2 cm³/mol. The highest BCUT2D eigenvalue weighted by molar-refractivity contribution is 9.09. The molecule has 1 aromatic rings. The molecule has 4 heteroatoms. The van der Waals surface area contributed by atoms with Gasteiger partial charge in [0.1, 0.15) is 5.75 Å². The summed E-state index contributed by atoms with van der Waals surface area (Å²) in [4.78, 5) is 12.3. The van der Waals surface area contributed by atoms with Gasteiger partial charge in [0.15, 0.2) is 0 Å². The van der Waals surface area contributed by atoms with Crippen LogP contribution in [0.1, 0.15) is 44.0 Å². The number of carbonyl (C=O) groups is 1. The van der Waals surface area contributed by atoms with E-state index in [1.54, 1.807) is 12.1 Å². The van der Waals surface area contributed by atoms with E-state index in [1.165, 1.54) is 0 Å². The predicted octanol–water partition coefficient (Wildman–Crippen LogP) is 3.77. The van der Waals surface area contributed by atoms with Crippen molar-refractivity contribution in [2.24, 2.45) is 0 Å². The van der Waals surface area contributed by atoms with Crippen molar-refractivity contribution in [3.63, 3.8) is 0 Å². The van der Waals surface area contributed by atoms with Gasteiger partial charge in [-0.3, -0.25) is 4.79 Å². The molecule has 0 saturated heterocycles. The Morgan fingerprint density at radius 3 is 2.47 bits per heavy atom. The van der Waals surface area contributed by atoms with Crippen molar-refractivity contribution in [1.29, 1.82) is 0 Å². The molecule has 1 unspecified atom stereocenters. The van der Waals surface area contributed by atoms with Crippen LogP contribution in [0.5, 0.6) is 5.75 Å². The first-order valence-corrected chi connectivity index (χ1v) is 7.63. The minimum atomic E-state index is -0.0448. The number of carbonyl (C=O) groups excluding carboxylic acids is 1. The van der Waals surface area contributed by atoms with Crippen LogP contribution < -0.4 is 10.1 Å². The van der Waals surface area contributed by atoms with Gasteiger partial charge in [0, 0.05) is 16.9 Å². The molecule has 1 amide bonds. The van der Waals surface area contributed by atoms with Crippen molar-refractivity contribution < 1.29 is 9.53 Å². The summed E-state index contributed by atoms with van der Waals surface area (Å²) in [6, 6.07) is 7.23. The minimum Gasteiger partial charge on any atom is -0.491 e. The fraction of sp³-hybridized carbons (Fsp3) is 0.533. The Labute approximate surface area is 123 Å². The summed E-state index contributed by atoms with van der Waals surface area (Å²) in [5, 5.41) is 2.92. The quantitative estimate of drug-likeness (QED) is 0.774. The third-order valence-corrected chi connectivity index (χ3v) is 3.36. The second-order valence-electron chi connectivity index (χ2n) is 4.79. The second-order valence-corrected chi connectivity index (χ2v) is 6.08. The van der Waals surface area contributed by atoms with E-state index in [4.69, 9.17) is 4.74 Å². The van der Waals surface area contributed by atoms with E-state index < -0.39 is 0 Å². The van der Waals surface area contributed by atoms with Crippen molar-refractivity contribution in [3.05, 3.63) is 29.8 Å². The molecule has 0 saturated carbocycles. The summed E-state index contributed by atoms with van der Waals surface area (Å²) >= 11 is 3.54. The number of nitrogens with one attached hydrogen (secondary N) is 1. The zero-order chi connectivity index (χ0) is 14.3. The molecule has 0 aliphatic rings. The van der Waals surface area contributed by atoms with E-state index >= 15 is 0 Å². The van der Waals surface area contributed by atoms with Crippen molar-refractivity contribution >= 4 is 21.8 Å². The molecule has 0 radical (unpaired) electrons. The molecule has 0 aliphatic heterocycles. The Hall–Kier alpha value is -1.03. The van der Waals surface area contributed by atoms with Gasteiger partial charge < -0.3 is 10.1 Å². The SMILES string of the molecule is CCCC(Br)CNC(=O)c1ccc(OC(C)C)cc1. The van der Waals surface area contributed by atoms with Gasteiger partial charge in [0.2, 0.25) is 0 Å². The molecule has 3 nitrogen and oxygen atoms in total. The first-order valence-electron chi connectivity index (χ1n) is 6.72. The van der Waals surface area contributed by atoms with Crippen molar-refractivity contribution in [3.8, 4) is 5.75 Å². The normalized spacial score (nSPS) is 12.3. The third-order valence-electron chi connectivity index (χ3n) is 2.57. The first-order chi connectivity index (χ1) is 9.02. The van der Waals surface area contributed by atoms with E-state index in [1.807, 2.05) is 26.0 Å². The van der Waals surface area contributed by atoms with Crippen LogP contribution in [0.2, 0.25) is 0 Å². The highest BCUT2D eigenvalue weighted by atomic mass is 79.9. The summed E-state index contributed by atoms with van der Waals surface area (Å²) in [6.45, 7) is 6.73. The number of halogens is 1.